The summed E-state index contributed by atoms with van der Waals surface area (Å²) in [7, 11) is 0. The molecule has 0 amide bonds. The summed E-state index contributed by atoms with van der Waals surface area (Å²) in [4.78, 5) is 2.17. The Morgan fingerprint density at radius 2 is 1.93 bits per heavy atom. The van der Waals surface area contributed by atoms with E-state index < -0.39 is 0 Å². The van der Waals surface area contributed by atoms with Gasteiger partial charge >= 0.3 is 0 Å². The van der Waals surface area contributed by atoms with E-state index in [0.717, 1.165) is 18.9 Å². The Morgan fingerprint density at radius 3 is 2.47 bits per heavy atom. The number of anilines is 2. The van der Waals surface area contributed by atoms with E-state index in [2.05, 4.69) is 28.9 Å². The van der Waals surface area contributed by atoms with Gasteiger partial charge < -0.3 is 15.4 Å². The largest absolute Gasteiger partial charge is 0.382 e. The van der Waals surface area contributed by atoms with E-state index in [0.29, 0.717) is 5.82 Å². The standard InChI is InChI=1S/C10H16N4O/c1-7-5-14(6-8(2)15-7)10-4-3-9(11)12-13-10/h3-4,7-8H,5-6H2,1-2H3,(H2,11,12)/t7-,8-/m1/s1. The highest BCUT2D eigenvalue weighted by Gasteiger charge is 2.23. The molecule has 82 valence electrons. The second kappa shape index (κ2) is 4.02. The molecule has 0 radical (unpaired) electrons. The molecule has 15 heavy (non-hydrogen) atoms. The summed E-state index contributed by atoms with van der Waals surface area (Å²) in [6, 6.07) is 3.67. The van der Waals surface area contributed by atoms with Crippen LogP contribution in [0.1, 0.15) is 13.8 Å². The summed E-state index contributed by atoms with van der Waals surface area (Å²) in [5.41, 5.74) is 5.49. The van der Waals surface area contributed by atoms with Crippen molar-refractivity contribution in [2.45, 2.75) is 26.1 Å². The Balaban J connectivity index is 2.12. The highest BCUT2D eigenvalue weighted by molar-refractivity contribution is 5.41. The first kappa shape index (κ1) is 10.2. The minimum Gasteiger partial charge on any atom is -0.382 e. The number of morpholine rings is 1. The number of nitrogens with two attached hydrogens (primary N) is 1. The molecule has 1 aliphatic heterocycles. The zero-order chi connectivity index (χ0) is 10.8. The molecule has 2 atom stereocenters. The molecule has 1 aromatic heterocycles. The van der Waals surface area contributed by atoms with Crippen molar-refractivity contribution in [3.63, 3.8) is 0 Å². The van der Waals surface area contributed by atoms with Crippen LogP contribution < -0.4 is 10.6 Å². The molecule has 2 rings (SSSR count). The van der Waals surface area contributed by atoms with Gasteiger partial charge in [0.25, 0.3) is 0 Å². The first-order chi connectivity index (χ1) is 7.15. The van der Waals surface area contributed by atoms with Gasteiger partial charge in [-0.25, -0.2) is 0 Å². The minimum absolute atomic E-state index is 0.230. The normalized spacial score (nSPS) is 26.7. The predicted octanol–water partition coefficient (Wildman–Crippen LogP) is 0.672. The molecule has 1 fully saturated rings. The van der Waals surface area contributed by atoms with Crippen LogP contribution in [0.15, 0.2) is 12.1 Å². The number of aromatic nitrogens is 2. The fourth-order valence-corrected chi connectivity index (χ4v) is 1.87. The van der Waals surface area contributed by atoms with Crippen molar-refractivity contribution in [3.8, 4) is 0 Å². The topological polar surface area (TPSA) is 64.3 Å². The van der Waals surface area contributed by atoms with Crippen molar-refractivity contribution in [2.24, 2.45) is 0 Å². The Morgan fingerprint density at radius 1 is 1.27 bits per heavy atom. The summed E-state index contributed by atoms with van der Waals surface area (Å²) in [6.07, 6.45) is 0.459. The third-order valence-corrected chi connectivity index (χ3v) is 2.41. The quantitative estimate of drug-likeness (QED) is 0.735. The van der Waals surface area contributed by atoms with Gasteiger partial charge in [-0.15, -0.1) is 10.2 Å². The molecule has 0 unspecified atom stereocenters. The zero-order valence-electron chi connectivity index (χ0n) is 9.05. The lowest BCUT2D eigenvalue weighted by Gasteiger charge is -2.35. The van der Waals surface area contributed by atoms with Gasteiger partial charge in [-0.3, -0.25) is 0 Å². The van der Waals surface area contributed by atoms with E-state index in [-0.39, 0.29) is 12.2 Å². The molecule has 2 heterocycles. The Hall–Kier alpha value is -1.36. The number of hydrogen-bond acceptors (Lipinski definition) is 5. The van der Waals surface area contributed by atoms with Gasteiger partial charge in [-0.05, 0) is 26.0 Å². The van der Waals surface area contributed by atoms with Gasteiger partial charge in [-0.1, -0.05) is 0 Å². The lowest BCUT2D eigenvalue weighted by molar-refractivity contribution is -0.00550. The van der Waals surface area contributed by atoms with Crippen LogP contribution in [0.4, 0.5) is 11.6 Å². The summed E-state index contributed by atoms with van der Waals surface area (Å²) >= 11 is 0. The number of hydrogen-bond donors (Lipinski definition) is 1. The first-order valence-electron chi connectivity index (χ1n) is 5.15. The molecular formula is C10H16N4O. The molecule has 1 aromatic rings. The lowest BCUT2D eigenvalue weighted by Crippen LogP contribution is -2.45. The molecule has 0 bridgehead atoms. The summed E-state index contributed by atoms with van der Waals surface area (Å²) in [6.45, 7) is 5.83. The van der Waals surface area contributed by atoms with Crippen LogP contribution in [0.2, 0.25) is 0 Å². The summed E-state index contributed by atoms with van der Waals surface area (Å²) in [5, 5.41) is 7.92. The smallest absolute Gasteiger partial charge is 0.151 e. The van der Waals surface area contributed by atoms with Crippen LogP contribution in [0.3, 0.4) is 0 Å². The highest BCUT2D eigenvalue weighted by atomic mass is 16.5. The van der Waals surface area contributed by atoms with Crippen molar-refractivity contribution >= 4 is 11.6 Å². The molecule has 2 N–H and O–H groups in total. The van der Waals surface area contributed by atoms with Crippen LogP contribution in [-0.2, 0) is 4.74 Å². The van der Waals surface area contributed by atoms with E-state index in [1.165, 1.54) is 0 Å². The Kier molecular flexibility index (Phi) is 2.73. The Labute approximate surface area is 89.2 Å². The molecule has 0 spiro atoms. The second-order valence-electron chi connectivity index (χ2n) is 3.98. The van der Waals surface area contributed by atoms with Gasteiger partial charge in [-0.2, -0.15) is 0 Å². The summed E-state index contributed by atoms with van der Waals surface area (Å²) in [5.74, 6) is 1.32. The van der Waals surface area contributed by atoms with Crippen LogP contribution in [0, 0.1) is 0 Å². The van der Waals surface area contributed by atoms with E-state index in [1.807, 2.05) is 6.07 Å². The first-order valence-corrected chi connectivity index (χ1v) is 5.15. The van der Waals surface area contributed by atoms with Crippen molar-refractivity contribution in [1.82, 2.24) is 10.2 Å². The third-order valence-electron chi connectivity index (χ3n) is 2.41. The van der Waals surface area contributed by atoms with Gasteiger partial charge in [0, 0.05) is 13.1 Å². The molecule has 1 aliphatic rings. The fraction of sp³-hybridized carbons (Fsp3) is 0.600. The predicted molar refractivity (Wildman–Crippen MR) is 58.7 cm³/mol. The highest BCUT2D eigenvalue weighted by Crippen LogP contribution is 2.17. The van der Waals surface area contributed by atoms with Crippen LogP contribution in [0.25, 0.3) is 0 Å². The van der Waals surface area contributed by atoms with Crippen LogP contribution >= 0.6 is 0 Å². The van der Waals surface area contributed by atoms with E-state index >= 15 is 0 Å². The van der Waals surface area contributed by atoms with Crippen molar-refractivity contribution in [2.75, 3.05) is 23.7 Å². The fourth-order valence-electron chi connectivity index (χ4n) is 1.87. The van der Waals surface area contributed by atoms with E-state index in [1.54, 1.807) is 6.07 Å². The van der Waals surface area contributed by atoms with Crippen molar-refractivity contribution < 1.29 is 4.74 Å². The Bertz CT molecular complexity index is 317. The van der Waals surface area contributed by atoms with Crippen LogP contribution in [0.5, 0.6) is 0 Å². The molecule has 0 aromatic carbocycles. The molecular weight excluding hydrogens is 192 g/mol. The van der Waals surface area contributed by atoms with Crippen LogP contribution in [-0.4, -0.2) is 35.5 Å². The van der Waals surface area contributed by atoms with Gasteiger partial charge in [0.1, 0.15) is 5.82 Å². The average Bonchev–Trinajstić information content (AvgIpc) is 2.17. The molecule has 0 aliphatic carbocycles. The second-order valence-corrected chi connectivity index (χ2v) is 3.98. The molecule has 5 heteroatoms. The van der Waals surface area contributed by atoms with Gasteiger partial charge in [0.15, 0.2) is 5.82 Å². The van der Waals surface area contributed by atoms with Crippen molar-refractivity contribution in [3.05, 3.63) is 12.1 Å². The molecule has 1 saturated heterocycles. The maximum atomic E-state index is 5.65. The van der Waals surface area contributed by atoms with E-state index in [9.17, 15) is 0 Å². The van der Waals surface area contributed by atoms with Crippen molar-refractivity contribution in [1.29, 1.82) is 0 Å². The molecule has 5 nitrogen and oxygen atoms in total. The minimum atomic E-state index is 0.230. The van der Waals surface area contributed by atoms with E-state index in [4.69, 9.17) is 10.5 Å². The molecule has 0 saturated carbocycles. The maximum Gasteiger partial charge on any atom is 0.151 e. The maximum absolute atomic E-state index is 5.65. The van der Waals surface area contributed by atoms with Gasteiger partial charge in [0.2, 0.25) is 0 Å². The third kappa shape index (κ3) is 2.36. The number of nitrogen functional groups attached to an aromatic ring is 1. The monoisotopic (exact) mass is 208 g/mol. The average molecular weight is 208 g/mol. The summed E-state index contributed by atoms with van der Waals surface area (Å²) < 4.78 is 5.65. The van der Waals surface area contributed by atoms with Gasteiger partial charge in [0.05, 0.1) is 12.2 Å². The number of nitrogens with zero attached hydrogens (tertiary/aromatic N) is 3. The number of rotatable bonds is 1. The number of ether oxygens (including phenoxy) is 1. The SMILES string of the molecule is C[C@@H]1CN(c2ccc(N)nn2)C[C@@H](C)O1. The lowest BCUT2D eigenvalue weighted by atomic mass is 10.2. The zero-order valence-corrected chi connectivity index (χ0v) is 9.05.